The largest absolute Gasteiger partial charge is 0.480 e. The van der Waals surface area contributed by atoms with E-state index in [4.69, 9.17) is 21.3 Å². The Labute approximate surface area is 206 Å². The molecule has 0 aliphatic carbocycles. The van der Waals surface area contributed by atoms with E-state index in [9.17, 15) is 14.7 Å². The van der Waals surface area contributed by atoms with Crippen molar-refractivity contribution in [2.75, 3.05) is 25.1 Å². The number of carbonyl (C=O) groups is 2. The molecule has 34 heavy (non-hydrogen) atoms. The van der Waals surface area contributed by atoms with Crippen LogP contribution in [-0.4, -0.2) is 47.8 Å². The molecule has 1 atom stereocenters. The fourth-order valence-corrected chi connectivity index (χ4v) is 4.38. The van der Waals surface area contributed by atoms with Crippen molar-refractivity contribution in [2.24, 2.45) is 0 Å². The predicted molar refractivity (Wildman–Crippen MR) is 133 cm³/mol. The number of ether oxygens (including phenoxy) is 1. The van der Waals surface area contributed by atoms with Gasteiger partial charge in [0.25, 0.3) is 0 Å². The lowest BCUT2D eigenvalue weighted by Gasteiger charge is -2.27. The van der Waals surface area contributed by atoms with E-state index in [1.54, 1.807) is 38.1 Å². The van der Waals surface area contributed by atoms with Crippen LogP contribution in [-0.2, 0) is 32.6 Å². The van der Waals surface area contributed by atoms with Crippen molar-refractivity contribution in [3.8, 4) is 0 Å². The number of nitrogens with zero attached hydrogens (tertiary/aromatic N) is 1. The molecule has 1 aliphatic rings. The Bertz CT molecular complexity index is 996. The molecule has 1 unspecified atom stereocenters. The van der Waals surface area contributed by atoms with Crippen molar-refractivity contribution in [3.05, 3.63) is 58.2 Å². The van der Waals surface area contributed by atoms with E-state index in [0.29, 0.717) is 17.2 Å². The summed E-state index contributed by atoms with van der Waals surface area (Å²) in [6.07, 6.45) is 5.10. The number of aryl methyl sites for hydroxylation is 2. The molecule has 0 bridgehead atoms. The summed E-state index contributed by atoms with van der Waals surface area (Å²) >= 11 is 6.24. The summed E-state index contributed by atoms with van der Waals surface area (Å²) in [5.41, 5.74) is 2.04. The van der Waals surface area contributed by atoms with Crippen molar-refractivity contribution in [1.29, 1.82) is 0 Å². The molecule has 0 saturated carbocycles. The number of pyridine rings is 1. The van der Waals surface area contributed by atoms with E-state index < -0.39 is 17.4 Å². The summed E-state index contributed by atoms with van der Waals surface area (Å²) in [6.45, 7) is 5.23. The van der Waals surface area contributed by atoms with E-state index in [1.165, 1.54) is 5.56 Å². The van der Waals surface area contributed by atoms with Gasteiger partial charge in [0.15, 0.2) is 0 Å². The minimum absolute atomic E-state index is 0.192. The third-order valence-corrected chi connectivity index (χ3v) is 6.52. The zero-order valence-electron chi connectivity index (χ0n) is 19.9. The van der Waals surface area contributed by atoms with E-state index in [0.717, 1.165) is 50.2 Å². The molecule has 3 N–H and O–H groups in total. The molecule has 8 heteroatoms. The molecule has 7 nitrogen and oxygen atoms in total. The second-order valence-electron chi connectivity index (χ2n) is 9.17. The first-order valence-electron chi connectivity index (χ1n) is 11.9. The molecule has 2 heterocycles. The number of amides is 1. The topological polar surface area (TPSA) is 101 Å². The van der Waals surface area contributed by atoms with Crippen LogP contribution in [0.3, 0.4) is 0 Å². The van der Waals surface area contributed by atoms with Crippen LogP contribution in [0.5, 0.6) is 0 Å². The molecule has 2 aromatic rings. The van der Waals surface area contributed by atoms with Crippen LogP contribution in [0.1, 0.15) is 56.4 Å². The third-order valence-electron chi connectivity index (χ3n) is 6.19. The summed E-state index contributed by atoms with van der Waals surface area (Å²) < 4.78 is 5.65. The number of benzene rings is 1. The summed E-state index contributed by atoms with van der Waals surface area (Å²) in [6, 6.07) is 10.3. The van der Waals surface area contributed by atoms with Crippen LogP contribution >= 0.6 is 11.6 Å². The van der Waals surface area contributed by atoms with Gasteiger partial charge in [0, 0.05) is 36.9 Å². The number of fused-ring (bicyclic) bond motifs is 1. The second kappa shape index (κ2) is 12.2. The first-order valence-corrected chi connectivity index (χ1v) is 12.3. The van der Waals surface area contributed by atoms with Crippen molar-refractivity contribution in [2.45, 2.75) is 63.8 Å². The smallest absolute Gasteiger partial charge is 0.326 e. The van der Waals surface area contributed by atoms with Gasteiger partial charge in [-0.2, -0.15) is 0 Å². The SMILES string of the molecule is CC(C)(C(=O)NC(CCOCCCCc1ccc2c(n1)NCCC2)C(=O)O)c1ccccc1Cl. The second-order valence-corrected chi connectivity index (χ2v) is 9.58. The number of nitrogens with one attached hydrogen (secondary N) is 2. The number of aromatic nitrogens is 1. The standard InChI is InChI=1S/C26H34ClN3O4/c1-26(2,20-10-3-4-11-21(20)27)25(33)30-22(24(31)32)14-17-34-16-6-5-9-19-13-12-18-8-7-15-28-23(18)29-19/h3-4,10-13,22H,5-9,14-17H2,1-2H3,(H,28,29)(H,30,33)(H,31,32). The Hall–Kier alpha value is -2.64. The van der Waals surface area contributed by atoms with Crippen LogP contribution in [0.15, 0.2) is 36.4 Å². The maximum atomic E-state index is 12.8. The van der Waals surface area contributed by atoms with Gasteiger partial charge in [-0.3, -0.25) is 4.79 Å². The molecule has 0 radical (unpaired) electrons. The average Bonchev–Trinajstić information content (AvgIpc) is 2.82. The summed E-state index contributed by atoms with van der Waals surface area (Å²) in [5, 5.41) is 16.0. The Morgan fingerprint density at radius 3 is 2.76 bits per heavy atom. The molecule has 0 fully saturated rings. The normalized spacial score (nSPS) is 14.1. The highest BCUT2D eigenvalue weighted by molar-refractivity contribution is 6.31. The first kappa shape index (κ1) is 26.0. The molecule has 184 valence electrons. The van der Waals surface area contributed by atoms with Gasteiger partial charge < -0.3 is 20.5 Å². The molecule has 1 aromatic heterocycles. The number of carboxylic acid groups (broad SMARTS) is 1. The number of rotatable bonds is 12. The molecule has 0 saturated heterocycles. The zero-order valence-corrected chi connectivity index (χ0v) is 20.7. The number of aliphatic carboxylic acids is 1. The van der Waals surface area contributed by atoms with Crippen molar-refractivity contribution >= 4 is 29.3 Å². The fraction of sp³-hybridized carbons (Fsp3) is 0.500. The molecule has 3 rings (SSSR count). The quantitative estimate of drug-likeness (QED) is 0.384. The highest BCUT2D eigenvalue weighted by atomic mass is 35.5. The van der Waals surface area contributed by atoms with Crippen LogP contribution in [0, 0.1) is 0 Å². The zero-order chi connectivity index (χ0) is 24.6. The number of unbranched alkanes of at least 4 members (excludes halogenated alkanes) is 1. The van der Waals surface area contributed by atoms with Gasteiger partial charge in [-0.1, -0.05) is 35.9 Å². The Balaban J connectivity index is 1.38. The van der Waals surface area contributed by atoms with Gasteiger partial charge in [0.2, 0.25) is 5.91 Å². The van der Waals surface area contributed by atoms with Gasteiger partial charge in [0.05, 0.1) is 5.41 Å². The van der Waals surface area contributed by atoms with Crippen LogP contribution in [0.25, 0.3) is 0 Å². The fourth-order valence-electron chi connectivity index (χ4n) is 4.01. The molecule has 1 aromatic carbocycles. The number of carboxylic acids is 1. The predicted octanol–water partition coefficient (Wildman–Crippen LogP) is 4.37. The minimum Gasteiger partial charge on any atom is -0.480 e. The van der Waals surface area contributed by atoms with Gasteiger partial charge in [-0.25, -0.2) is 9.78 Å². The van der Waals surface area contributed by atoms with Gasteiger partial charge in [-0.15, -0.1) is 0 Å². The van der Waals surface area contributed by atoms with Gasteiger partial charge in [0.1, 0.15) is 11.9 Å². The van der Waals surface area contributed by atoms with Crippen molar-refractivity contribution in [1.82, 2.24) is 10.3 Å². The number of anilines is 1. The summed E-state index contributed by atoms with van der Waals surface area (Å²) in [4.78, 5) is 29.2. The molecular weight excluding hydrogens is 454 g/mol. The van der Waals surface area contributed by atoms with E-state index in [1.807, 2.05) is 0 Å². The highest BCUT2D eigenvalue weighted by Gasteiger charge is 2.34. The molecular formula is C26H34ClN3O4. The number of halogens is 1. The van der Waals surface area contributed by atoms with E-state index in [2.05, 4.69) is 22.8 Å². The van der Waals surface area contributed by atoms with Crippen LogP contribution in [0.2, 0.25) is 5.02 Å². The maximum absolute atomic E-state index is 12.8. The third kappa shape index (κ3) is 6.93. The van der Waals surface area contributed by atoms with Crippen molar-refractivity contribution in [3.63, 3.8) is 0 Å². The minimum atomic E-state index is -1.08. The Morgan fingerprint density at radius 2 is 2.00 bits per heavy atom. The number of hydrogen-bond donors (Lipinski definition) is 3. The van der Waals surface area contributed by atoms with Crippen LogP contribution < -0.4 is 10.6 Å². The number of carbonyl (C=O) groups excluding carboxylic acids is 1. The lowest BCUT2D eigenvalue weighted by Crippen LogP contribution is -2.48. The highest BCUT2D eigenvalue weighted by Crippen LogP contribution is 2.30. The van der Waals surface area contributed by atoms with Crippen molar-refractivity contribution < 1.29 is 19.4 Å². The van der Waals surface area contributed by atoms with Crippen LogP contribution in [0.4, 0.5) is 5.82 Å². The molecule has 1 amide bonds. The van der Waals surface area contributed by atoms with Gasteiger partial charge in [-0.05, 0) is 69.2 Å². The average molecular weight is 488 g/mol. The molecule has 0 spiro atoms. The summed E-state index contributed by atoms with van der Waals surface area (Å²) in [5.74, 6) is -0.460. The monoisotopic (exact) mass is 487 g/mol. The molecule has 1 aliphatic heterocycles. The lowest BCUT2D eigenvalue weighted by atomic mass is 9.83. The van der Waals surface area contributed by atoms with E-state index >= 15 is 0 Å². The lowest BCUT2D eigenvalue weighted by molar-refractivity contribution is -0.143. The number of hydrogen-bond acceptors (Lipinski definition) is 5. The first-order chi connectivity index (χ1) is 16.3. The maximum Gasteiger partial charge on any atom is 0.326 e. The van der Waals surface area contributed by atoms with E-state index in [-0.39, 0.29) is 18.9 Å². The summed E-state index contributed by atoms with van der Waals surface area (Å²) in [7, 11) is 0. The van der Waals surface area contributed by atoms with Gasteiger partial charge >= 0.3 is 5.97 Å². The Morgan fingerprint density at radius 1 is 1.21 bits per heavy atom. The Kier molecular flexibility index (Phi) is 9.30.